The van der Waals surface area contributed by atoms with Gasteiger partial charge in [0, 0.05) is 47.7 Å². The van der Waals surface area contributed by atoms with E-state index in [4.69, 9.17) is 0 Å². The second kappa shape index (κ2) is 7.26. The van der Waals surface area contributed by atoms with Crippen molar-refractivity contribution in [1.29, 1.82) is 0 Å². The predicted octanol–water partition coefficient (Wildman–Crippen LogP) is 2.67. The number of benzene rings is 2. The number of nitrogens with one attached hydrogen (secondary N) is 2. The van der Waals surface area contributed by atoms with Crippen LogP contribution in [0, 0.1) is 0 Å². The zero-order chi connectivity index (χ0) is 19.7. The fourth-order valence-corrected chi connectivity index (χ4v) is 4.23. The lowest BCUT2D eigenvalue weighted by Crippen LogP contribution is -2.34. The molecule has 3 aromatic rings. The maximum Gasteiger partial charge on any atom is 0.246 e. The number of sulfonamides is 1. The molecule has 0 atom stereocenters. The van der Waals surface area contributed by atoms with Crippen molar-refractivity contribution >= 4 is 32.9 Å². The van der Waals surface area contributed by atoms with Gasteiger partial charge >= 0.3 is 0 Å². The molecule has 6 nitrogen and oxygen atoms in total. The van der Waals surface area contributed by atoms with Crippen molar-refractivity contribution in [3.05, 3.63) is 71.4 Å². The Morgan fingerprint density at radius 3 is 2.64 bits per heavy atom. The van der Waals surface area contributed by atoms with Crippen molar-refractivity contribution in [3.63, 3.8) is 0 Å². The fourth-order valence-electron chi connectivity index (χ4n) is 3.50. The van der Waals surface area contributed by atoms with Crippen molar-refractivity contribution in [2.24, 2.45) is 0 Å². The number of hydrogen-bond donors (Lipinski definition) is 2. The van der Waals surface area contributed by atoms with Crippen LogP contribution in [-0.4, -0.2) is 37.8 Å². The summed E-state index contributed by atoms with van der Waals surface area (Å²) in [7, 11) is -2.08. The topological polar surface area (TPSA) is 82.3 Å². The summed E-state index contributed by atoms with van der Waals surface area (Å²) in [4.78, 5) is 18.1. The first-order valence-corrected chi connectivity index (χ1v) is 10.6. The number of aromatic amines is 1. The van der Waals surface area contributed by atoms with E-state index >= 15 is 0 Å². The van der Waals surface area contributed by atoms with Crippen LogP contribution in [0.4, 0.5) is 0 Å². The predicted molar refractivity (Wildman–Crippen MR) is 109 cm³/mol. The van der Waals surface area contributed by atoms with Gasteiger partial charge in [-0.2, -0.15) is 0 Å². The lowest BCUT2D eigenvalue weighted by atomic mass is 10.0. The van der Waals surface area contributed by atoms with Crippen molar-refractivity contribution in [3.8, 4) is 0 Å². The molecule has 1 aromatic heterocycles. The summed E-state index contributed by atoms with van der Waals surface area (Å²) >= 11 is 0. The molecule has 0 saturated heterocycles. The van der Waals surface area contributed by atoms with Crippen LogP contribution in [0.5, 0.6) is 0 Å². The minimum atomic E-state index is -3.46. The number of nitrogens with zero attached hydrogens (tertiary/aromatic N) is 1. The van der Waals surface area contributed by atoms with Crippen LogP contribution in [0.2, 0.25) is 0 Å². The van der Waals surface area contributed by atoms with Crippen molar-refractivity contribution < 1.29 is 13.2 Å². The molecule has 4 rings (SSSR count). The van der Waals surface area contributed by atoms with Gasteiger partial charge in [0.2, 0.25) is 15.9 Å². The normalized spacial score (nSPS) is 14.5. The first kappa shape index (κ1) is 18.5. The Hall–Kier alpha value is -2.90. The van der Waals surface area contributed by atoms with E-state index in [9.17, 15) is 13.2 Å². The molecule has 0 aliphatic carbocycles. The molecule has 28 heavy (non-hydrogen) atoms. The Balaban J connectivity index is 1.48. The van der Waals surface area contributed by atoms with Gasteiger partial charge in [-0.25, -0.2) is 13.1 Å². The number of aromatic nitrogens is 1. The van der Waals surface area contributed by atoms with Crippen LogP contribution in [0.15, 0.2) is 59.5 Å². The van der Waals surface area contributed by atoms with Crippen molar-refractivity contribution in [2.45, 2.75) is 17.9 Å². The van der Waals surface area contributed by atoms with E-state index in [1.165, 1.54) is 35.8 Å². The molecule has 0 unspecified atom stereocenters. The molecule has 0 radical (unpaired) electrons. The highest BCUT2D eigenvalue weighted by Gasteiger charge is 2.22. The van der Waals surface area contributed by atoms with Crippen LogP contribution in [-0.2, 0) is 27.8 Å². The average Bonchev–Trinajstić information content (AvgIpc) is 3.10. The van der Waals surface area contributed by atoms with Crippen LogP contribution in [0.3, 0.4) is 0 Å². The Morgan fingerprint density at radius 2 is 1.89 bits per heavy atom. The first-order chi connectivity index (χ1) is 13.5. The SMILES string of the molecule is CNS(=O)(=O)c1ccc(C=CC(=O)N2CCc3[nH]c4ccccc4c3C2)cc1. The van der Waals surface area contributed by atoms with Gasteiger partial charge in [0.1, 0.15) is 0 Å². The highest BCUT2D eigenvalue weighted by Crippen LogP contribution is 2.27. The van der Waals surface area contributed by atoms with E-state index in [0.717, 1.165) is 17.5 Å². The maximum atomic E-state index is 12.6. The number of fused-ring (bicyclic) bond motifs is 3. The second-order valence-corrected chi connectivity index (χ2v) is 8.63. The summed E-state index contributed by atoms with van der Waals surface area (Å²) < 4.78 is 25.8. The highest BCUT2D eigenvalue weighted by atomic mass is 32.2. The summed E-state index contributed by atoms with van der Waals surface area (Å²) in [5.74, 6) is -0.0529. The zero-order valence-electron chi connectivity index (χ0n) is 15.5. The average molecular weight is 395 g/mol. The van der Waals surface area contributed by atoms with E-state index in [1.807, 2.05) is 17.0 Å². The molecule has 144 valence electrons. The van der Waals surface area contributed by atoms with Gasteiger partial charge in [0.15, 0.2) is 0 Å². The standard InChI is InChI=1S/C21H21N3O3S/c1-22-28(26,27)16-9-6-15(7-10-16)8-11-21(25)24-13-12-20-18(14-24)17-4-2-3-5-19(17)23-20/h2-11,22-23H,12-14H2,1H3. The molecule has 7 heteroatoms. The quantitative estimate of drug-likeness (QED) is 0.667. The fraction of sp³-hybridized carbons (Fsp3) is 0.190. The zero-order valence-corrected chi connectivity index (χ0v) is 16.3. The number of H-pyrrole nitrogens is 1. The third kappa shape index (κ3) is 3.46. The lowest BCUT2D eigenvalue weighted by Gasteiger charge is -2.26. The Labute approximate surface area is 163 Å². The van der Waals surface area contributed by atoms with Crippen LogP contribution in [0.25, 0.3) is 17.0 Å². The third-order valence-corrected chi connectivity index (χ3v) is 6.50. The van der Waals surface area contributed by atoms with E-state index in [1.54, 1.807) is 24.3 Å². The Kier molecular flexibility index (Phi) is 4.78. The number of hydrogen-bond acceptors (Lipinski definition) is 3. The first-order valence-electron chi connectivity index (χ1n) is 9.07. The van der Waals surface area contributed by atoms with E-state index in [-0.39, 0.29) is 10.8 Å². The number of carbonyl (C=O) groups is 1. The van der Waals surface area contributed by atoms with Gasteiger partial charge in [-0.1, -0.05) is 30.3 Å². The summed E-state index contributed by atoms with van der Waals surface area (Å²) in [5.41, 5.74) is 4.27. The highest BCUT2D eigenvalue weighted by molar-refractivity contribution is 7.89. The second-order valence-electron chi connectivity index (χ2n) is 6.75. The smallest absolute Gasteiger partial charge is 0.246 e. The molecule has 2 N–H and O–H groups in total. The van der Waals surface area contributed by atoms with Crippen LogP contribution in [0.1, 0.15) is 16.8 Å². The molecule has 2 heterocycles. The van der Waals surface area contributed by atoms with Crippen LogP contribution < -0.4 is 4.72 Å². The molecule has 2 aromatic carbocycles. The summed E-state index contributed by atoms with van der Waals surface area (Å²) in [6.45, 7) is 1.25. The summed E-state index contributed by atoms with van der Waals surface area (Å²) in [6.07, 6.45) is 4.06. The van der Waals surface area contributed by atoms with Crippen LogP contribution >= 0.6 is 0 Å². The molecule has 0 bridgehead atoms. The van der Waals surface area contributed by atoms with E-state index < -0.39 is 10.0 Å². The number of para-hydroxylation sites is 1. The van der Waals surface area contributed by atoms with E-state index in [0.29, 0.717) is 13.1 Å². The number of carbonyl (C=O) groups excluding carboxylic acids is 1. The number of rotatable bonds is 4. The van der Waals surface area contributed by atoms with E-state index in [2.05, 4.69) is 21.8 Å². The van der Waals surface area contributed by atoms with Gasteiger partial charge in [0.05, 0.1) is 4.90 Å². The van der Waals surface area contributed by atoms with Gasteiger partial charge in [0.25, 0.3) is 0 Å². The molecule has 1 aliphatic rings. The summed E-state index contributed by atoms with van der Waals surface area (Å²) in [6, 6.07) is 14.6. The van der Waals surface area contributed by atoms with Crippen molar-refractivity contribution in [1.82, 2.24) is 14.6 Å². The molecule has 0 saturated carbocycles. The molecule has 0 spiro atoms. The molecular formula is C21H21N3O3S. The molecule has 1 aliphatic heterocycles. The summed E-state index contributed by atoms with van der Waals surface area (Å²) in [5, 5.41) is 1.17. The largest absolute Gasteiger partial charge is 0.358 e. The maximum absolute atomic E-state index is 12.6. The molecular weight excluding hydrogens is 374 g/mol. The lowest BCUT2D eigenvalue weighted by molar-refractivity contribution is -0.126. The minimum Gasteiger partial charge on any atom is -0.358 e. The molecule has 0 fully saturated rings. The van der Waals surface area contributed by atoms with Gasteiger partial charge in [-0.15, -0.1) is 0 Å². The Morgan fingerprint density at radius 1 is 1.14 bits per heavy atom. The number of amides is 1. The molecule has 1 amide bonds. The van der Waals surface area contributed by atoms with Gasteiger partial charge in [-0.05, 0) is 36.9 Å². The van der Waals surface area contributed by atoms with Gasteiger partial charge in [-0.3, -0.25) is 4.79 Å². The van der Waals surface area contributed by atoms with Crippen molar-refractivity contribution in [2.75, 3.05) is 13.6 Å². The third-order valence-electron chi connectivity index (χ3n) is 5.07. The minimum absolute atomic E-state index is 0.0529. The monoisotopic (exact) mass is 395 g/mol. The Bertz CT molecular complexity index is 1160. The van der Waals surface area contributed by atoms with Gasteiger partial charge < -0.3 is 9.88 Å².